The minimum atomic E-state index is -0.603. The molecule has 1 aliphatic rings. The van der Waals surface area contributed by atoms with E-state index in [2.05, 4.69) is 88.0 Å². The van der Waals surface area contributed by atoms with Gasteiger partial charge in [-0.05, 0) is 64.2 Å². The van der Waals surface area contributed by atoms with Gasteiger partial charge in [-0.2, -0.15) is 0 Å². The van der Waals surface area contributed by atoms with Crippen LogP contribution < -0.4 is 10.6 Å². The zero-order valence-electron chi connectivity index (χ0n) is 21.7. The van der Waals surface area contributed by atoms with Crippen LogP contribution in [0.1, 0.15) is 70.9 Å². The molecule has 2 aromatic rings. The third-order valence-corrected chi connectivity index (χ3v) is 6.68. The van der Waals surface area contributed by atoms with Crippen molar-refractivity contribution in [2.24, 2.45) is 0 Å². The highest BCUT2D eigenvalue weighted by Crippen LogP contribution is 2.36. The molecule has 2 unspecified atom stereocenters. The second-order valence-electron chi connectivity index (χ2n) is 10.5. The number of hydrogen-bond donors (Lipinski definition) is 3. The molecule has 1 aromatic heterocycles. The minimum Gasteiger partial charge on any atom is -0.357 e. The molecule has 0 spiro atoms. The first kappa shape index (κ1) is 25.5. The molecule has 1 aliphatic heterocycles. The Bertz CT molecular complexity index is 1170. The van der Waals surface area contributed by atoms with E-state index < -0.39 is 12.1 Å². The Morgan fingerprint density at radius 2 is 1.62 bits per heavy atom. The summed E-state index contributed by atoms with van der Waals surface area (Å²) in [5, 5.41) is 6.80. The summed E-state index contributed by atoms with van der Waals surface area (Å²) >= 11 is 0. The van der Waals surface area contributed by atoms with Gasteiger partial charge in [-0.1, -0.05) is 55.4 Å². The lowest BCUT2D eigenvalue weighted by Gasteiger charge is -2.29. The van der Waals surface area contributed by atoms with Crippen LogP contribution in [0.2, 0.25) is 0 Å². The largest absolute Gasteiger partial charge is 0.357 e. The highest BCUT2D eigenvalue weighted by molar-refractivity contribution is 5.97. The Kier molecular flexibility index (Phi) is 7.54. The molecule has 0 bridgehead atoms. The van der Waals surface area contributed by atoms with E-state index >= 15 is 0 Å². The molecule has 1 saturated heterocycles. The minimum absolute atomic E-state index is 0.145. The number of rotatable bonds is 8. The fourth-order valence-electron chi connectivity index (χ4n) is 4.42. The van der Waals surface area contributed by atoms with Crippen LogP contribution in [0.4, 0.5) is 0 Å². The van der Waals surface area contributed by atoms with Crippen molar-refractivity contribution in [2.75, 3.05) is 0 Å². The number of benzene rings is 1. The predicted octanol–water partition coefficient (Wildman–Crippen LogP) is 5.19. The molecule has 3 rings (SSSR count). The Balaban J connectivity index is 2.21. The lowest BCUT2D eigenvalue weighted by atomic mass is 9.84. The number of amides is 2. The van der Waals surface area contributed by atoms with Gasteiger partial charge < -0.3 is 15.6 Å². The number of aromatic amines is 1. The number of H-pyrrole nitrogens is 1. The molecule has 1 fully saturated rings. The van der Waals surface area contributed by atoms with Crippen molar-refractivity contribution in [1.82, 2.24) is 15.6 Å². The van der Waals surface area contributed by atoms with Crippen molar-refractivity contribution in [3.8, 4) is 0 Å². The molecule has 1 aromatic carbocycles. The van der Waals surface area contributed by atoms with E-state index in [4.69, 9.17) is 0 Å². The summed E-state index contributed by atoms with van der Waals surface area (Å²) in [6.07, 6.45) is 8.58. The second-order valence-corrected chi connectivity index (χ2v) is 10.5. The fourth-order valence-corrected chi connectivity index (χ4v) is 4.42. The zero-order chi connectivity index (χ0) is 25.2. The molecular weight excluding hydrogens is 422 g/mol. The monoisotopic (exact) mass is 461 g/mol. The highest BCUT2D eigenvalue weighted by atomic mass is 16.2. The number of carbonyl (C=O) groups excluding carboxylic acids is 2. The van der Waals surface area contributed by atoms with Crippen molar-refractivity contribution in [3.05, 3.63) is 70.5 Å². The van der Waals surface area contributed by atoms with Crippen molar-refractivity contribution in [3.63, 3.8) is 0 Å². The van der Waals surface area contributed by atoms with Gasteiger partial charge in [0.25, 0.3) is 0 Å². The average Bonchev–Trinajstić information content (AvgIpc) is 3.13. The number of fused-ring (bicyclic) bond motifs is 1. The summed E-state index contributed by atoms with van der Waals surface area (Å²) in [5.74, 6) is -0.295. The van der Waals surface area contributed by atoms with E-state index in [-0.39, 0.29) is 17.2 Å². The van der Waals surface area contributed by atoms with Crippen molar-refractivity contribution in [2.45, 2.75) is 85.2 Å². The fraction of sp³-hybridized carbons (Fsp3) is 0.448. The van der Waals surface area contributed by atoms with Gasteiger partial charge in [0, 0.05) is 28.4 Å². The van der Waals surface area contributed by atoms with Crippen molar-refractivity contribution < 1.29 is 9.59 Å². The van der Waals surface area contributed by atoms with E-state index in [0.717, 1.165) is 35.0 Å². The third kappa shape index (κ3) is 5.35. The van der Waals surface area contributed by atoms with E-state index in [9.17, 15) is 9.59 Å². The highest BCUT2D eigenvalue weighted by Gasteiger charge is 2.34. The summed E-state index contributed by atoms with van der Waals surface area (Å²) in [7, 11) is 0. The van der Waals surface area contributed by atoms with Gasteiger partial charge in [-0.15, -0.1) is 6.58 Å². The molecule has 0 aliphatic carbocycles. The summed E-state index contributed by atoms with van der Waals surface area (Å²) in [6, 6.07) is 3.26. The number of nitrogens with one attached hydrogen (secondary N) is 3. The number of hydrogen-bond acceptors (Lipinski definition) is 2. The first-order chi connectivity index (χ1) is 15.9. The summed E-state index contributed by atoms with van der Waals surface area (Å²) in [4.78, 5) is 28.7. The number of aromatic nitrogens is 1. The van der Waals surface area contributed by atoms with Crippen LogP contribution >= 0.6 is 0 Å². The van der Waals surface area contributed by atoms with E-state index in [1.165, 1.54) is 22.3 Å². The van der Waals surface area contributed by atoms with Crippen molar-refractivity contribution in [1.29, 1.82) is 0 Å². The normalized spacial score (nSPS) is 18.3. The maximum Gasteiger partial charge on any atom is 0.243 e. The molecule has 2 atom stereocenters. The molecule has 182 valence electrons. The van der Waals surface area contributed by atoms with Gasteiger partial charge in [-0.3, -0.25) is 9.59 Å². The molecule has 3 N–H and O–H groups in total. The van der Waals surface area contributed by atoms with Crippen LogP contribution in [0.15, 0.2) is 48.1 Å². The Morgan fingerprint density at radius 3 is 2.24 bits per heavy atom. The topological polar surface area (TPSA) is 74.0 Å². The van der Waals surface area contributed by atoms with Gasteiger partial charge in [0.1, 0.15) is 12.1 Å². The molecular formula is C29H39N3O2. The molecule has 0 saturated carbocycles. The van der Waals surface area contributed by atoms with Crippen LogP contribution in [0, 0.1) is 0 Å². The summed E-state index contributed by atoms with van der Waals surface area (Å²) in [6.45, 7) is 18.5. The van der Waals surface area contributed by atoms with Crippen LogP contribution in [-0.4, -0.2) is 28.9 Å². The number of piperazine rings is 1. The first-order valence-corrected chi connectivity index (χ1v) is 12.1. The van der Waals surface area contributed by atoms with Gasteiger partial charge in [0.05, 0.1) is 0 Å². The third-order valence-electron chi connectivity index (χ3n) is 6.68. The van der Waals surface area contributed by atoms with E-state index in [1.54, 1.807) is 6.92 Å². The van der Waals surface area contributed by atoms with Crippen LogP contribution in [0.3, 0.4) is 0 Å². The Hall–Kier alpha value is -3.08. The molecule has 2 heterocycles. The molecule has 5 heteroatoms. The van der Waals surface area contributed by atoms with Crippen LogP contribution in [0.25, 0.3) is 10.9 Å². The summed E-state index contributed by atoms with van der Waals surface area (Å²) in [5.41, 5.74) is 8.01. The number of allylic oxidation sites excluding steroid dienone is 5. The lowest BCUT2D eigenvalue weighted by Crippen LogP contribution is -2.61. The van der Waals surface area contributed by atoms with Gasteiger partial charge in [0.15, 0.2) is 0 Å². The number of carbonyl (C=O) groups is 2. The van der Waals surface area contributed by atoms with E-state index in [1.807, 2.05) is 6.08 Å². The molecule has 34 heavy (non-hydrogen) atoms. The SMILES string of the molecule is C=CC(C)(C)c1[nH]c2c(CC=C(C)C)c(CC=C(C)C)ccc2c1CC1NC(=O)C(C)NC1=O. The van der Waals surface area contributed by atoms with Gasteiger partial charge in [-0.25, -0.2) is 0 Å². The Morgan fingerprint density at radius 1 is 0.971 bits per heavy atom. The standard InChI is InChI=1S/C29H39N3O2/c1-9-29(7,8)26-23(16-24-28(34)30-19(6)27(33)31-24)22-15-13-20(12-10-17(2)3)21(25(22)32-26)14-11-18(4)5/h9-11,13,15,19,24,32H,1,12,14,16H2,2-8H3,(H,30,34)(H,31,33). The Labute approximate surface area is 203 Å². The zero-order valence-corrected chi connectivity index (χ0v) is 21.7. The maximum absolute atomic E-state index is 12.7. The molecule has 2 amide bonds. The smallest absolute Gasteiger partial charge is 0.243 e. The quantitative estimate of drug-likeness (QED) is 0.473. The lowest BCUT2D eigenvalue weighted by molar-refractivity contribution is -0.136. The van der Waals surface area contributed by atoms with E-state index in [0.29, 0.717) is 6.42 Å². The molecule has 0 radical (unpaired) electrons. The second kappa shape index (κ2) is 10.0. The van der Waals surface area contributed by atoms with Crippen LogP contribution in [0.5, 0.6) is 0 Å². The molecule has 5 nitrogen and oxygen atoms in total. The van der Waals surface area contributed by atoms with Gasteiger partial charge >= 0.3 is 0 Å². The average molecular weight is 462 g/mol. The van der Waals surface area contributed by atoms with Crippen molar-refractivity contribution >= 4 is 22.7 Å². The predicted molar refractivity (Wildman–Crippen MR) is 141 cm³/mol. The first-order valence-electron chi connectivity index (χ1n) is 12.1. The van der Waals surface area contributed by atoms with Crippen LogP contribution in [-0.2, 0) is 34.3 Å². The maximum atomic E-state index is 12.7. The van der Waals surface area contributed by atoms with Gasteiger partial charge in [0.2, 0.25) is 11.8 Å². The summed E-state index contributed by atoms with van der Waals surface area (Å²) < 4.78 is 0.